The summed E-state index contributed by atoms with van der Waals surface area (Å²) in [6.45, 7) is 6.99. The van der Waals surface area contributed by atoms with Crippen molar-refractivity contribution >= 4 is 17.5 Å². The van der Waals surface area contributed by atoms with Crippen LogP contribution in [0.5, 0.6) is 5.75 Å². The zero-order valence-corrected chi connectivity index (χ0v) is 16.7. The number of benzene rings is 1. The molecule has 1 N–H and O–H groups in total. The van der Waals surface area contributed by atoms with Crippen molar-refractivity contribution in [2.45, 2.75) is 39.2 Å². The Kier molecular flexibility index (Phi) is 7.38. The fourth-order valence-corrected chi connectivity index (χ4v) is 2.70. The van der Waals surface area contributed by atoms with E-state index in [1.54, 1.807) is 23.1 Å². The summed E-state index contributed by atoms with van der Waals surface area (Å²) in [6, 6.07) is 7.38. The highest BCUT2D eigenvalue weighted by atomic mass is 19.1. The Morgan fingerprint density at radius 2 is 1.97 bits per heavy atom. The molecule has 1 heterocycles. The number of carbonyl (C=O) groups excluding carboxylic acids is 1. The number of nitrogens with one attached hydrogen (secondary N) is 1. The molecule has 29 heavy (non-hydrogen) atoms. The van der Waals surface area contributed by atoms with Gasteiger partial charge in [0.25, 0.3) is 0 Å². The Bertz CT molecular complexity index is 827. The van der Waals surface area contributed by atoms with Crippen LogP contribution in [0.1, 0.15) is 33.6 Å². The number of hydrazone groups is 1. The van der Waals surface area contributed by atoms with E-state index in [0.717, 1.165) is 12.8 Å². The number of hydrogen-bond acceptors (Lipinski definition) is 7. The maximum Gasteiger partial charge on any atom is 0.410 e. The average Bonchev–Trinajstić information content (AvgIpc) is 2.67. The van der Waals surface area contributed by atoms with Crippen LogP contribution in [0.2, 0.25) is 0 Å². The quantitative estimate of drug-likeness (QED) is 0.595. The Morgan fingerprint density at radius 3 is 2.52 bits per heavy atom. The second-order valence-corrected chi connectivity index (χ2v) is 7.66. The number of rotatable bonds is 5. The van der Waals surface area contributed by atoms with Gasteiger partial charge in [-0.1, -0.05) is 0 Å². The van der Waals surface area contributed by atoms with Crippen molar-refractivity contribution in [1.29, 1.82) is 10.5 Å². The second kappa shape index (κ2) is 9.74. The van der Waals surface area contributed by atoms with E-state index in [1.165, 1.54) is 12.1 Å². The van der Waals surface area contributed by atoms with Crippen molar-refractivity contribution in [2.24, 2.45) is 11.0 Å². The van der Waals surface area contributed by atoms with Crippen LogP contribution in [0, 0.1) is 34.4 Å². The van der Waals surface area contributed by atoms with E-state index in [-0.39, 0.29) is 23.5 Å². The molecule has 0 unspecified atom stereocenters. The van der Waals surface area contributed by atoms with Gasteiger partial charge in [-0.15, -0.1) is 0 Å². The number of ether oxygens (including phenoxy) is 2. The van der Waals surface area contributed by atoms with E-state index < -0.39 is 11.4 Å². The Hall–Kier alpha value is -3.33. The number of carbonyl (C=O) groups is 1. The first-order chi connectivity index (χ1) is 13.7. The van der Waals surface area contributed by atoms with Crippen molar-refractivity contribution in [3.63, 3.8) is 0 Å². The van der Waals surface area contributed by atoms with Crippen molar-refractivity contribution < 1.29 is 18.7 Å². The van der Waals surface area contributed by atoms with Crippen molar-refractivity contribution in [3.8, 4) is 17.9 Å². The van der Waals surface area contributed by atoms with E-state index in [0.29, 0.717) is 25.4 Å². The molecule has 0 radical (unpaired) electrons. The number of piperidine rings is 1. The monoisotopic (exact) mass is 401 g/mol. The summed E-state index contributed by atoms with van der Waals surface area (Å²) in [5.74, 6) is -0.258. The molecule has 154 valence electrons. The molecule has 1 aromatic rings. The summed E-state index contributed by atoms with van der Waals surface area (Å²) in [4.78, 5) is 13.8. The molecule has 0 aliphatic carbocycles. The minimum atomic E-state index is -0.577. The summed E-state index contributed by atoms with van der Waals surface area (Å²) in [5.41, 5.74) is 1.86. The number of hydrogen-bond donors (Lipinski definition) is 1. The first-order valence-electron chi connectivity index (χ1n) is 9.26. The van der Waals surface area contributed by atoms with Crippen LogP contribution in [-0.4, -0.2) is 42.0 Å². The zero-order chi connectivity index (χ0) is 21.4. The fourth-order valence-electron chi connectivity index (χ4n) is 2.70. The highest BCUT2D eigenvalue weighted by molar-refractivity contribution is 6.10. The minimum absolute atomic E-state index is 0.106. The van der Waals surface area contributed by atoms with Crippen LogP contribution >= 0.6 is 0 Å². The van der Waals surface area contributed by atoms with Gasteiger partial charge in [-0.2, -0.15) is 15.6 Å². The fraction of sp³-hybridized carbons (Fsp3) is 0.500. The lowest BCUT2D eigenvalue weighted by Gasteiger charge is -2.33. The molecule has 1 aliphatic rings. The number of nitrogens with zero attached hydrogens (tertiary/aromatic N) is 4. The molecular weight excluding hydrogens is 377 g/mol. The van der Waals surface area contributed by atoms with E-state index in [2.05, 4.69) is 10.5 Å². The minimum Gasteiger partial charge on any atom is -0.490 e. The van der Waals surface area contributed by atoms with Crippen LogP contribution < -0.4 is 10.2 Å². The third-order valence-electron chi connectivity index (χ3n) is 4.18. The van der Waals surface area contributed by atoms with Gasteiger partial charge in [0.05, 0.1) is 12.3 Å². The molecule has 2 rings (SSSR count). The summed E-state index contributed by atoms with van der Waals surface area (Å²) >= 11 is 0. The van der Waals surface area contributed by atoms with Gasteiger partial charge in [0.2, 0.25) is 5.71 Å². The van der Waals surface area contributed by atoms with E-state index in [9.17, 15) is 9.18 Å². The second-order valence-electron chi connectivity index (χ2n) is 7.66. The molecular formula is C20H24FN5O3. The Labute approximate surface area is 169 Å². The molecule has 1 aromatic carbocycles. The standard InChI is InChI=1S/C20H24FN5O3/c1-20(2,3)29-19(27)26-8-6-14(7-9-26)13-28-18-5-4-15(10-17(18)21)24-25-16(11-22)12-23/h4-5,10,14,24H,6-9,13H2,1-3H3. The summed E-state index contributed by atoms with van der Waals surface area (Å²) in [5, 5.41) is 20.8. The molecule has 0 atom stereocenters. The molecule has 1 fully saturated rings. The highest BCUT2D eigenvalue weighted by Gasteiger charge is 2.27. The molecule has 1 aliphatic heterocycles. The zero-order valence-electron chi connectivity index (χ0n) is 16.7. The van der Waals surface area contributed by atoms with Gasteiger partial charge in [-0.25, -0.2) is 9.18 Å². The third-order valence-corrected chi connectivity index (χ3v) is 4.18. The smallest absolute Gasteiger partial charge is 0.410 e. The molecule has 1 saturated heterocycles. The predicted molar refractivity (Wildman–Crippen MR) is 105 cm³/mol. The van der Waals surface area contributed by atoms with E-state index in [1.807, 2.05) is 20.8 Å². The molecule has 0 spiro atoms. The molecule has 8 nitrogen and oxygen atoms in total. The predicted octanol–water partition coefficient (Wildman–Crippen LogP) is 3.67. The number of nitriles is 2. The number of amides is 1. The highest BCUT2D eigenvalue weighted by Crippen LogP contribution is 2.24. The van der Waals surface area contributed by atoms with Crippen LogP contribution in [-0.2, 0) is 4.74 Å². The number of likely N-dealkylation sites (tertiary alicyclic amines) is 1. The lowest BCUT2D eigenvalue weighted by atomic mass is 9.98. The van der Waals surface area contributed by atoms with E-state index in [4.69, 9.17) is 20.0 Å². The van der Waals surface area contributed by atoms with Gasteiger partial charge < -0.3 is 14.4 Å². The lowest BCUT2D eigenvalue weighted by molar-refractivity contribution is 0.0164. The number of halogens is 1. The first kappa shape index (κ1) is 22.0. The van der Waals surface area contributed by atoms with Gasteiger partial charge >= 0.3 is 6.09 Å². The maximum atomic E-state index is 14.2. The largest absolute Gasteiger partial charge is 0.490 e. The van der Waals surface area contributed by atoms with Gasteiger partial charge in [0.1, 0.15) is 17.7 Å². The van der Waals surface area contributed by atoms with Crippen LogP contribution in [0.4, 0.5) is 14.9 Å². The SMILES string of the molecule is CC(C)(C)OC(=O)N1CCC(COc2ccc(NN=C(C#N)C#N)cc2F)CC1. The Balaban J connectivity index is 1.82. The van der Waals surface area contributed by atoms with Gasteiger partial charge in [0, 0.05) is 19.2 Å². The van der Waals surface area contributed by atoms with Crippen LogP contribution in [0.3, 0.4) is 0 Å². The molecule has 9 heteroatoms. The van der Waals surface area contributed by atoms with Crippen LogP contribution in [0.15, 0.2) is 23.3 Å². The first-order valence-corrected chi connectivity index (χ1v) is 9.26. The molecule has 1 amide bonds. The normalized spacial score (nSPS) is 14.3. The average molecular weight is 401 g/mol. The summed E-state index contributed by atoms with van der Waals surface area (Å²) < 4.78 is 25.2. The summed E-state index contributed by atoms with van der Waals surface area (Å²) in [6.07, 6.45) is 1.19. The maximum absolute atomic E-state index is 14.2. The summed E-state index contributed by atoms with van der Waals surface area (Å²) in [7, 11) is 0. The Morgan fingerprint density at radius 1 is 1.31 bits per heavy atom. The van der Waals surface area contributed by atoms with Crippen molar-refractivity contribution in [2.75, 3.05) is 25.1 Å². The molecule has 0 bridgehead atoms. The third kappa shape index (κ3) is 6.96. The molecule has 0 saturated carbocycles. The van der Waals surface area contributed by atoms with Crippen molar-refractivity contribution in [3.05, 3.63) is 24.0 Å². The van der Waals surface area contributed by atoms with Gasteiger partial charge in [0.15, 0.2) is 11.6 Å². The molecule has 0 aromatic heterocycles. The van der Waals surface area contributed by atoms with Gasteiger partial charge in [-0.3, -0.25) is 5.43 Å². The van der Waals surface area contributed by atoms with E-state index >= 15 is 0 Å². The van der Waals surface area contributed by atoms with Crippen molar-refractivity contribution in [1.82, 2.24) is 4.90 Å². The topological polar surface area (TPSA) is 111 Å². The number of anilines is 1. The van der Waals surface area contributed by atoms with Crippen LogP contribution in [0.25, 0.3) is 0 Å². The van der Waals surface area contributed by atoms with Gasteiger partial charge in [-0.05, 0) is 51.7 Å². The lowest BCUT2D eigenvalue weighted by Crippen LogP contribution is -2.42.